The first-order valence-corrected chi connectivity index (χ1v) is 9.04. The molecule has 0 aliphatic carbocycles. The van der Waals surface area contributed by atoms with Gasteiger partial charge in [-0.05, 0) is 47.9 Å². The first-order chi connectivity index (χ1) is 13.2. The highest BCUT2D eigenvalue weighted by Gasteiger charge is 2.19. The highest BCUT2D eigenvalue weighted by atomic mass is 16.7. The van der Waals surface area contributed by atoms with Gasteiger partial charge in [0.05, 0.1) is 12.5 Å². The number of ether oxygens (including phenoxy) is 2. The summed E-state index contributed by atoms with van der Waals surface area (Å²) >= 11 is 0. The van der Waals surface area contributed by atoms with Crippen LogP contribution in [-0.4, -0.2) is 17.3 Å². The molecule has 1 amide bonds. The quantitative estimate of drug-likeness (QED) is 0.725. The van der Waals surface area contributed by atoms with Crippen LogP contribution in [0, 0.1) is 6.92 Å². The molecule has 0 saturated carbocycles. The van der Waals surface area contributed by atoms with E-state index in [4.69, 9.17) is 9.47 Å². The molecule has 2 aromatic carbocycles. The molecule has 0 fully saturated rings. The molecule has 1 unspecified atom stereocenters. The minimum Gasteiger partial charge on any atom is -0.454 e. The molecule has 1 N–H and O–H groups in total. The summed E-state index contributed by atoms with van der Waals surface area (Å²) < 4.78 is 12.8. The van der Waals surface area contributed by atoms with Crippen molar-refractivity contribution in [3.05, 3.63) is 83.7 Å². The molecular weight excluding hydrogens is 340 g/mol. The second-order valence-electron chi connectivity index (χ2n) is 6.67. The van der Waals surface area contributed by atoms with Crippen molar-refractivity contribution in [1.29, 1.82) is 0 Å². The van der Waals surface area contributed by atoms with Gasteiger partial charge in [-0.3, -0.25) is 4.79 Å². The van der Waals surface area contributed by atoms with Crippen LogP contribution in [0.3, 0.4) is 0 Å². The van der Waals surface area contributed by atoms with E-state index in [-0.39, 0.29) is 18.7 Å². The van der Waals surface area contributed by atoms with Gasteiger partial charge in [-0.1, -0.05) is 30.3 Å². The second kappa shape index (κ2) is 7.58. The Morgan fingerprint density at radius 3 is 2.67 bits per heavy atom. The number of nitrogens with one attached hydrogen (secondary N) is 1. The van der Waals surface area contributed by atoms with Crippen LogP contribution >= 0.6 is 0 Å². The highest BCUT2D eigenvalue weighted by Crippen LogP contribution is 2.32. The van der Waals surface area contributed by atoms with Crippen LogP contribution in [-0.2, 0) is 11.3 Å². The number of aryl methyl sites for hydroxylation is 1. The van der Waals surface area contributed by atoms with Gasteiger partial charge in [0.15, 0.2) is 11.5 Å². The van der Waals surface area contributed by atoms with Crippen LogP contribution in [0.4, 0.5) is 0 Å². The Hall–Kier alpha value is -3.21. The van der Waals surface area contributed by atoms with E-state index in [1.165, 1.54) is 5.56 Å². The fraction of sp³-hybridized carbons (Fsp3) is 0.227. The molecule has 1 aromatic heterocycles. The molecule has 5 heteroatoms. The SMILES string of the molecule is Cc1ccccc1C(CC(=O)NCc1ccc2c(c1)OCO2)n1cccc1. The summed E-state index contributed by atoms with van der Waals surface area (Å²) in [7, 11) is 0. The van der Waals surface area contributed by atoms with Crippen molar-refractivity contribution in [1.82, 2.24) is 9.88 Å². The van der Waals surface area contributed by atoms with Gasteiger partial charge < -0.3 is 19.4 Å². The van der Waals surface area contributed by atoms with Crippen LogP contribution < -0.4 is 14.8 Å². The molecule has 0 bridgehead atoms. The van der Waals surface area contributed by atoms with Crippen molar-refractivity contribution in [3.8, 4) is 11.5 Å². The van der Waals surface area contributed by atoms with Gasteiger partial charge >= 0.3 is 0 Å². The zero-order valence-electron chi connectivity index (χ0n) is 15.2. The van der Waals surface area contributed by atoms with Crippen molar-refractivity contribution >= 4 is 5.91 Å². The summed E-state index contributed by atoms with van der Waals surface area (Å²) in [5.74, 6) is 1.48. The van der Waals surface area contributed by atoms with Crippen molar-refractivity contribution in [3.63, 3.8) is 0 Å². The van der Waals surface area contributed by atoms with Crippen LogP contribution in [0.15, 0.2) is 67.0 Å². The van der Waals surface area contributed by atoms with E-state index in [0.29, 0.717) is 13.0 Å². The highest BCUT2D eigenvalue weighted by molar-refractivity contribution is 5.77. The third kappa shape index (κ3) is 3.82. The number of carbonyl (C=O) groups is 1. The van der Waals surface area contributed by atoms with Crippen molar-refractivity contribution in [2.24, 2.45) is 0 Å². The van der Waals surface area contributed by atoms with E-state index in [2.05, 4.69) is 28.9 Å². The standard InChI is InChI=1S/C22H22N2O3/c1-16-6-2-3-7-18(16)19(24-10-4-5-11-24)13-22(25)23-14-17-8-9-20-21(12-17)27-15-26-20/h2-12,19H,13-15H2,1H3,(H,23,25). The topological polar surface area (TPSA) is 52.5 Å². The third-order valence-electron chi connectivity index (χ3n) is 4.84. The molecule has 4 rings (SSSR count). The Kier molecular flexibility index (Phi) is 4.83. The number of rotatable bonds is 6. The largest absolute Gasteiger partial charge is 0.454 e. The van der Waals surface area contributed by atoms with Crippen molar-refractivity contribution < 1.29 is 14.3 Å². The van der Waals surface area contributed by atoms with Gasteiger partial charge in [0.1, 0.15) is 0 Å². The minimum absolute atomic E-state index is 0.00891. The fourth-order valence-corrected chi connectivity index (χ4v) is 3.39. The number of fused-ring (bicyclic) bond motifs is 1. The number of nitrogens with zero attached hydrogens (tertiary/aromatic N) is 1. The van der Waals surface area contributed by atoms with Gasteiger partial charge in [0.2, 0.25) is 12.7 Å². The number of carbonyl (C=O) groups excluding carboxylic acids is 1. The van der Waals surface area contributed by atoms with E-state index in [1.807, 2.05) is 54.9 Å². The van der Waals surface area contributed by atoms with E-state index in [0.717, 1.165) is 22.6 Å². The molecule has 1 atom stereocenters. The van der Waals surface area contributed by atoms with Gasteiger partial charge in [-0.15, -0.1) is 0 Å². The summed E-state index contributed by atoms with van der Waals surface area (Å²) in [6.45, 7) is 2.79. The van der Waals surface area contributed by atoms with Gasteiger partial charge in [0.25, 0.3) is 0 Å². The van der Waals surface area contributed by atoms with Crippen LogP contribution in [0.2, 0.25) is 0 Å². The first-order valence-electron chi connectivity index (χ1n) is 9.04. The Labute approximate surface area is 158 Å². The van der Waals surface area contributed by atoms with E-state index in [9.17, 15) is 4.79 Å². The number of amides is 1. The Morgan fingerprint density at radius 1 is 1.07 bits per heavy atom. The lowest BCUT2D eigenvalue weighted by atomic mass is 9.98. The average molecular weight is 362 g/mol. The first kappa shape index (κ1) is 17.2. The number of hydrogen-bond acceptors (Lipinski definition) is 3. The maximum atomic E-state index is 12.7. The smallest absolute Gasteiger partial charge is 0.231 e. The maximum Gasteiger partial charge on any atom is 0.231 e. The lowest BCUT2D eigenvalue weighted by Gasteiger charge is -2.21. The molecule has 0 spiro atoms. The van der Waals surface area contributed by atoms with E-state index >= 15 is 0 Å². The van der Waals surface area contributed by atoms with Crippen LogP contribution in [0.25, 0.3) is 0 Å². The van der Waals surface area contributed by atoms with Gasteiger partial charge in [-0.25, -0.2) is 0 Å². The Morgan fingerprint density at radius 2 is 1.85 bits per heavy atom. The molecular formula is C22H22N2O3. The molecule has 138 valence electrons. The number of benzene rings is 2. The number of aromatic nitrogens is 1. The summed E-state index contributed by atoms with van der Waals surface area (Å²) in [5.41, 5.74) is 3.33. The lowest BCUT2D eigenvalue weighted by molar-refractivity contribution is -0.121. The molecule has 27 heavy (non-hydrogen) atoms. The maximum absolute atomic E-state index is 12.7. The molecule has 0 saturated heterocycles. The van der Waals surface area contributed by atoms with Crippen LogP contribution in [0.5, 0.6) is 11.5 Å². The third-order valence-corrected chi connectivity index (χ3v) is 4.84. The van der Waals surface area contributed by atoms with E-state index in [1.54, 1.807) is 0 Å². The number of hydrogen-bond donors (Lipinski definition) is 1. The normalized spacial score (nSPS) is 13.4. The molecule has 0 radical (unpaired) electrons. The molecule has 2 heterocycles. The summed E-state index contributed by atoms with van der Waals surface area (Å²) in [6.07, 6.45) is 4.38. The fourth-order valence-electron chi connectivity index (χ4n) is 3.39. The monoisotopic (exact) mass is 362 g/mol. The van der Waals surface area contributed by atoms with Crippen molar-refractivity contribution in [2.45, 2.75) is 25.9 Å². The van der Waals surface area contributed by atoms with Crippen LogP contribution in [0.1, 0.15) is 29.2 Å². The zero-order chi connectivity index (χ0) is 18.6. The summed E-state index contributed by atoms with van der Waals surface area (Å²) in [4.78, 5) is 12.7. The van der Waals surface area contributed by atoms with Crippen molar-refractivity contribution in [2.75, 3.05) is 6.79 Å². The van der Waals surface area contributed by atoms with Gasteiger partial charge in [-0.2, -0.15) is 0 Å². The predicted octanol–water partition coefficient (Wildman–Crippen LogP) is 3.82. The molecule has 5 nitrogen and oxygen atoms in total. The molecule has 1 aliphatic rings. The molecule has 3 aromatic rings. The summed E-state index contributed by atoms with van der Waals surface area (Å²) in [5, 5.41) is 3.02. The predicted molar refractivity (Wildman–Crippen MR) is 103 cm³/mol. The minimum atomic E-state index is -0.0297. The lowest BCUT2D eigenvalue weighted by Crippen LogP contribution is -2.26. The van der Waals surface area contributed by atoms with Gasteiger partial charge in [0, 0.05) is 18.9 Å². The second-order valence-corrected chi connectivity index (χ2v) is 6.67. The molecule has 1 aliphatic heterocycles. The zero-order valence-corrected chi connectivity index (χ0v) is 15.2. The Bertz CT molecular complexity index is 934. The average Bonchev–Trinajstić information content (AvgIpc) is 3.36. The Balaban J connectivity index is 1.45. The van der Waals surface area contributed by atoms with E-state index < -0.39 is 0 Å². The summed E-state index contributed by atoms with van der Waals surface area (Å²) in [6, 6.07) is 17.9.